The number of imidazole rings is 1. The Bertz CT molecular complexity index is 4300. The second-order valence-electron chi connectivity index (χ2n) is 26.5. The number of aromatic nitrogens is 3. The molecule has 3 unspecified atom stereocenters. The Morgan fingerprint density at radius 3 is 1.95 bits per heavy atom. The molecule has 39 heteroatoms. The number of carboxylic acids is 2. The summed E-state index contributed by atoms with van der Waals surface area (Å²) < 4.78 is 0. The van der Waals surface area contributed by atoms with Crippen molar-refractivity contribution < 1.29 is 84.3 Å². The topological polar surface area (TPSA) is 606 Å². The number of carbonyl (C=O) groups excluding carboxylic acids is 6. The molecule has 3 aliphatic heterocycles. The molecule has 0 radical (unpaired) electrons. The molecule has 6 amide bonds. The second-order valence-corrected chi connectivity index (χ2v) is 29.1. The number of H-pyrrole nitrogens is 2. The maximum absolute atomic E-state index is 15.3. The van der Waals surface area contributed by atoms with E-state index in [0.717, 1.165) is 39.3 Å². The lowest BCUT2D eigenvalue weighted by Crippen LogP contribution is -2.58. The number of carboxylic acid groups (broad SMARTS) is 2. The highest BCUT2D eigenvalue weighted by Gasteiger charge is 2.45. The number of primary amides is 1. The predicted molar refractivity (Wildman–Crippen MR) is 416 cm³/mol. The van der Waals surface area contributed by atoms with Crippen LogP contribution in [0.15, 0.2) is 120 Å². The highest BCUT2D eigenvalue weighted by molar-refractivity contribution is 8.76. The summed E-state index contributed by atoms with van der Waals surface area (Å²) in [6.45, 7) is 0.618. The van der Waals surface area contributed by atoms with E-state index in [1.54, 1.807) is 36.5 Å². The molecular formula is C71H94N20O17S2. The average molecular weight is 1560 g/mol. The Hall–Kier alpha value is -11.4. The van der Waals surface area contributed by atoms with Crippen LogP contribution < -0.4 is 38.5 Å². The third-order valence-electron chi connectivity index (χ3n) is 18.3. The average Bonchev–Trinajstić information content (AvgIpc) is 1.61. The molecule has 3 aromatic carbocycles. The van der Waals surface area contributed by atoms with Gasteiger partial charge in [-0.05, 0) is 98.7 Å². The molecule has 8 rings (SSSR count). The Balaban J connectivity index is 1.21. The van der Waals surface area contributed by atoms with Crippen LogP contribution in [0.25, 0.3) is 21.7 Å². The number of aliphatic imine (C=N–C) groups is 7. The number of aliphatic hydroxyl groups is 7. The van der Waals surface area contributed by atoms with Crippen molar-refractivity contribution in [3.63, 3.8) is 0 Å². The zero-order valence-corrected chi connectivity index (χ0v) is 61.9. The summed E-state index contributed by atoms with van der Waals surface area (Å²) in [5.41, 5.74) is 18.9. The minimum Gasteiger partial charge on any atom is -0.495 e. The van der Waals surface area contributed by atoms with E-state index in [0.29, 0.717) is 47.0 Å². The van der Waals surface area contributed by atoms with Gasteiger partial charge in [0.2, 0.25) is 76.7 Å². The normalized spacial score (nSPS) is 22.2. The number of nitrogens with two attached hydrogens (primary N) is 3. The van der Waals surface area contributed by atoms with Gasteiger partial charge in [-0.2, -0.15) is 0 Å². The van der Waals surface area contributed by atoms with Crippen molar-refractivity contribution in [2.75, 3.05) is 44.2 Å². The summed E-state index contributed by atoms with van der Waals surface area (Å²) in [6.07, 6.45) is 3.26. The van der Waals surface area contributed by atoms with Crippen LogP contribution in [0.4, 0.5) is 0 Å². The van der Waals surface area contributed by atoms with Gasteiger partial charge in [-0.25, -0.2) is 39.9 Å². The Morgan fingerprint density at radius 2 is 1.28 bits per heavy atom. The van der Waals surface area contributed by atoms with Crippen molar-refractivity contribution in [2.24, 2.45) is 52.1 Å². The zero-order chi connectivity index (χ0) is 79.6. The van der Waals surface area contributed by atoms with E-state index in [1.165, 1.54) is 22.3 Å². The van der Waals surface area contributed by atoms with Gasteiger partial charge in [-0.1, -0.05) is 82.3 Å². The van der Waals surface area contributed by atoms with E-state index in [4.69, 9.17) is 22.6 Å². The van der Waals surface area contributed by atoms with Gasteiger partial charge in [0, 0.05) is 92.7 Å². The predicted octanol–water partition coefficient (Wildman–Crippen LogP) is 3.05. The summed E-state index contributed by atoms with van der Waals surface area (Å²) in [7, 11) is 1.90. The molecule has 0 saturated carbocycles. The monoisotopic (exact) mass is 1560 g/mol. The highest BCUT2D eigenvalue weighted by Crippen LogP contribution is 2.31. The number of hydrogen-bond donors (Lipinski definition) is 19. The SMILES string of the molecule is CC(=O)N[C@H]1CSSCC(C(=O)N2CCC[C@H]2C(=O)N2CCCC2C(=O)N[C@H](CCCCN)C(=O)N[C@H](CC(=O)O)C(N)=O)N=C(O)CN=C(O)[C@@H](Cc2c[nH]c3ccccc23)N=C(O)C(CCCNC(=N)N)N=C(O)[C@H](Cc2ccc3ccccc3c2)N=C(O)[C@@H](Cc2cnc[nH]2)N=C(O)[C@@H](CCC(=O)O)N=C1O. The first kappa shape index (κ1) is 84.3. The molecule has 2 fully saturated rings. The number of rotatable bonds is 27. The standard InChI is InChI=1S/C71H94N20O17S2/c1-38(92)81-53-35-109-110-36-54(69(107)91-26-10-18-56(91)70(108)90-25-9-17-55(90)68(106)85-46(15-6-7-23-72)62(100)86-49(60(73)98)31-59(96)97)82-57(93)34-79-61(99)51(29-42-32-78-45-14-5-4-13-44(42)45)88-63(101)47(16-8-24-77-71(74)75)83-65(103)50(28-39-19-20-40-11-2-3-12-41(40)27-39)87-66(104)52(30-43-33-76-37-80-43)89-64(102)48(84-67(53)105)21-22-58(94)95/h2-5,11-14,19-20,27,32-33,37,46-56,78H,6-10,15-18,21-26,28-31,34-36,72H2,1H3,(H2,73,98)(H,76,80)(H,79,99)(H,81,92)(H,82,93)(H,83,103)(H,84,105)(H,85,106)(H,86,100)(H,87,104)(H,88,101)(H,89,102)(H,94,95)(H,96,97)(H4,74,75,77)/t46-,47?,48-,49-,50+,51-,52-,53+,54?,55?,56+/m1/s1. The summed E-state index contributed by atoms with van der Waals surface area (Å²) in [5.74, 6) is -14.4. The number of nitrogens with zero attached hydrogens (tertiary/aromatic N) is 10. The van der Waals surface area contributed by atoms with Crippen molar-refractivity contribution in [1.82, 2.24) is 46.0 Å². The Labute approximate surface area is 639 Å². The maximum Gasteiger partial charge on any atom is 0.305 e. The number of para-hydroxylation sites is 1. The number of unbranched alkanes of at least 4 members (excludes halogenated alkanes) is 1. The van der Waals surface area contributed by atoms with Gasteiger partial charge < -0.3 is 104 Å². The number of likely N-dealkylation sites (tertiary alicyclic amines) is 2. The number of fused-ring (bicyclic) bond motifs is 2. The van der Waals surface area contributed by atoms with E-state index < -0.39 is 181 Å². The van der Waals surface area contributed by atoms with Gasteiger partial charge in [-0.3, -0.25) is 43.8 Å². The van der Waals surface area contributed by atoms with E-state index in [-0.39, 0.29) is 101 Å². The van der Waals surface area contributed by atoms with Crippen molar-refractivity contribution in [2.45, 2.75) is 170 Å². The molecule has 2 aromatic heterocycles. The van der Waals surface area contributed by atoms with Crippen LogP contribution in [0.1, 0.15) is 101 Å². The van der Waals surface area contributed by atoms with E-state index in [1.807, 2.05) is 36.4 Å². The summed E-state index contributed by atoms with van der Waals surface area (Å²) >= 11 is 0. The van der Waals surface area contributed by atoms with Crippen LogP contribution in [0.2, 0.25) is 0 Å². The summed E-state index contributed by atoms with van der Waals surface area (Å²) in [6, 6.07) is 3.87. The number of hydrogen-bond acceptors (Lipinski definition) is 20. The zero-order valence-electron chi connectivity index (χ0n) is 60.3. The molecule has 5 aromatic rings. The fourth-order valence-electron chi connectivity index (χ4n) is 12.8. The third kappa shape index (κ3) is 24.8. The molecule has 0 aliphatic carbocycles. The van der Waals surface area contributed by atoms with Crippen LogP contribution in [0.3, 0.4) is 0 Å². The number of aliphatic hydroxyl groups excluding tert-OH is 7. The molecule has 3 aliphatic rings. The van der Waals surface area contributed by atoms with Crippen molar-refractivity contribution in [3.05, 3.63) is 102 Å². The largest absolute Gasteiger partial charge is 0.495 e. The number of amides is 6. The summed E-state index contributed by atoms with van der Waals surface area (Å²) in [5, 5.41) is 125. The number of benzene rings is 3. The molecule has 37 nitrogen and oxygen atoms in total. The van der Waals surface area contributed by atoms with Crippen molar-refractivity contribution >= 4 is 138 Å². The first-order valence-corrected chi connectivity index (χ1v) is 38.2. The van der Waals surface area contributed by atoms with Crippen LogP contribution in [0.5, 0.6) is 0 Å². The number of aliphatic carboxylic acids is 2. The van der Waals surface area contributed by atoms with E-state index >= 15 is 4.79 Å². The lowest BCUT2D eigenvalue weighted by molar-refractivity contribution is -0.147. The molecule has 5 heterocycles. The second kappa shape index (κ2) is 41.3. The van der Waals surface area contributed by atoms with Gasteiger partial charge >= 0.3 is 11.9 Å². The van der Waals surface area contributed by atoms with Crippen LogP contribution in [-0.4, -0.2) is 276 Å². The van der Waals surface area contributed by atoms with Gasteiger partial charge in [0.05, 0.1) is 12.7 Å². The minimum atomic E-state index is -1.69. The fourth-order valence-corrected chi connectivity index (χ4v) is 15.0. The Kier molecular flexibility index (Phi) is 31.6. The molecule has 11 atom stereocenters. The smallest absolute Gasteiger partial charge is 0.305 e. The fraction of sp³-hybridized carbons (Fsp3) is 0.479. The number of carbonyl (C=O) groups is 8. The van der Waals surface area contributed by atoms with Crippen molar-refractivity contribution in [1.29, 1.82) is 5.41 Å². The molecule has 0 bridgehead atoms. The maximum atomic E-state index is 15.3. The number of aromatic amines is 2. The minimum absolute atomic E-state index is 0.00747. The summed E-state index contributed by atoms with van der Waals surface area (Å²) in [4.78, 5) is 151. The first-order valence-electron chi connectivity index (χ1n) is 35.7. The van der Waals surface area contributed by atoms with E-state index in [9.17, 15) is 79.5 Å². The number of nitrogens with one attached hydrogen (secondary N) is 7. The first-order chi connectivity index (χ1) is 52.7. The molecule has 22 N–H and O–H groups in total. The van der Waals surface area contributed by atoms with E-state index in [2.05, 4.69) is 71.2 Å². The van der Waals surface area contributed by atoms with Gasteiger partial charge in [0.1, 0.15) is 73.0 Å². The van der Waals surface area contributed by atoms with Crippen molar-refractivity contribution in [3.8, 4) is 0 Å². The molecule has 2 saturated heterocycles. The third-order valence-corrected chi connectivity index (χ3v) is 20.7. The molecule has 592 valence electrons. The Morgan fingerprint density at radius 1 is 0.655 bits per heavy atom. The van der Waals surface area contributed by atoms with Gasteiger partial charge in [-0.15, -0.1) is 0 Å². The van der Waals surface area contributed by atoms with Gasteiger partial charge in [0.25, 0.3) is 0 Å². The highest BCUT2D eigenvalue weighted by atomic mass is 33.1. The van der Waals surface area contributed by atoms with Crippen LogP contribution >= 0.6 is 21.6 Å². The quantitative estimate of drug-likeness (QED) is 0.0155. The lowest BCUT2D eigenvalue weighted by atomic mass is 10.0. The lowest BCUT2D eigenvalue weighted by Gasteiger charge is -2.32. The molecule has 110 heavy (non-hydrogen) atoms. The van der Waals surface area contributed by atoms with Crippen LogP contribution in [-0.2, 0) is 57.6 Å². The van der Waals surface area contributed by atoms with Crippen LogP contribution in [0, 0.1) is 5.41 Å². The molecular weight excluding hydrogens is 1470 g/mol. The van der Waals surface area contributed by atoms with Gasteiger partial charge in [0.15, 0.2) is 5.96 Å². The number of guanidine groups is 1. The molecule has 0 spiro atoms.